The van der Waals surface area contributed by atoms with Crippen molar-refractivity contribution in [3.05, 3.63) is 34.2 Å². The number of hydrogen-bond donors (Lipinski definition) is 1. The molecule has 0 bridgehead atoms. The zero-order chi connectivity index (χ0) is 11.2. The first kappa shape index (κ1) is 10.5. The molecule has 0 spiro atoms. The number of alkyl halides is 3. The van der Waals surface area contributed by atoms with Crippen LogP contribution in [0.5, 0.6) is 0 Å². The Morgan fingerprint density at radius 2 is 1.80 bits per heavy atom. The predicted octanol–water partition coefficient (Wildman–Crippen LogP) is 4.09. The molecular formula is C9H4BrF4N. The van der Waals surface area contributed by atoms with Crippen molar-refractivity contribution in [2.45, 2.75) is 6.18 Å². The lowest BCUT2D eigenvalue weighted by Crippen LogP contribution is -2.04. The van der Waals surface area contributed by atoms with E-state index in [1.165, 1.54) is 6.07 Å². The van der Waals surface area contributed by atoms with Crippen molar-refractivity contribution in [3.8, 4) is 0 Å². The average Bonchev–Trinajstić information content (AvgIpc) is 2.47. The Labute approximate surface area is 90.2 Å². The summed E-state index contributed by atoms with van der Waals surface area (Å²) in [6.45, 7) is 0. The summed E-state index contributed by atoms with van der Waals surface area (Å²) in [6.07, 6.45) is -4.44. The van der Waals surface area contributed by atoms with Gasteiger partial charge >= 0.3 is 6.18 Å². The topological polar surface area (TPSA) is 15.8 Å². The van der Waals surface area contributed by atoms with Crippen molar-refractivity contribution < 1.29 is 17.6 Å². The van der Waals surface area contributed by atoms with Crippen LogP contribution in [0, 0.1) is 5.82 Å². The molecule has 1 aromatic heterocycles. The first-order valence-corrected chi connectivity index (χ1v) is 4.72. The Morgan fingerprint density at radius 1 is 1.13 bits per heavy atom. The van der Waals surface area contributed by atoms with Gasteiger partial charge in [-0.3, -0.25) is 0 Å². The van der Waals surface area contributed by atoms with Crippen LogP contribution in [-0.4, -0.2) is 4.98 Å². The monoisotopic (exact) mass is 281 g/mol. The van der Waals surface area contributed by atoms with Gasteiger partial charge in [-0.2, -0.15) is 13.2 Å². The summed E-state index contributed by atoms with van der Waals surface area (Å²) in [7, 11) is 0. The number of nitrogens with one attached hydrogen (secondary N) is 1. The van der Waals surface area contributed by atoms with E-state index >= 15 is 0 Å². The van der Waals surface area contributed by atoms with Gasteiger partial charge in [-0.1, -0.05) is 0 Å². The first-order chi connectivity index (χ1) is 6.88. The average molecular weight is 282 g/mol. The molecule has 0 atom stereocenters. The number of fused-ring (bicyclic) bond motifs is 1. The molecule has 1 nitrogen and oxygen atoms in total. The minimum atomic E-state index is -4.44. The van der Waals surface area contributed by atoms with E-state index in [1.807, 2.05) is 0 Å². The van der Waals surface area contributed by atoms with Crippen LogP contribution in [0.2, 0.25) is 0 Å². The standard InChI is InChI=1S/C9H4BrF4N/c10-5-1-4-2-8(9(12,13)14)15-7(4)3-6(5)11/h1-3,15H. The van der Waals surface area contributed by atoms with Crippen LogP contribution in [0.3, 0.4) is 0 Å². The summed E-state index contributed by atoms with van der Waals surface area (Å²) in [5.74, 6) is -0.599. The summed E-state index contributed by atoms with van der Waals surface area (Å²) >= 11 is 2.91. The van der Waals surface area contributed by atoms with Gasteiger partial charge < -0.3 is 4.98 Å². The number of aromatic amines is 1. The second-order valence-electron chi connectivity index (χ2n) is 3.03. The fourth-order valence-corrected chi connectivity index (χ4v) is 1.64. The van der Waals surface area contributed by atoms with Crippen LogP contribution in [0.25, 0.3) is 10.9 Å². The van der Waals surface area contributed by atoms with Gasteiger partial charge in [-0.15, -0.1) is 0 Å². The molecule has 0 fully saturated rings. The Kier molecular flexibility index (Phi) is 2.26. The number of benzene rings is 1. The van der Waals surface area contributed by atoms with Crippen molar-refractivity contribution >= 4 is 26.8 Å². The Balaban J connectivity index is 2.66. The third-order valence-electron chi connectivity index (χ3n) is 1.97. The molecule has 80 valence electrons. The van der Waals surface area contributed by atoms with E-state index in [0.717, 1.165) is 12.1 Å². The lowest BCUT2D eigenvalue weighted by atomic mass is 10.2. The first-order valence-electron chi connectivity index (χ1n) is 3.93. The van der Waals surface area contributed by atoms with E-state index in [2.05, 4.69) is 20.9 Å². The van der Waals surface area contributed by atoms with E-state index in [-0.39, 0.29) is 9.99 Å². The molecule has 6 heteroatoms. The fraction of sp³-hybridized carbons (Fsp3) is 0.111. The summed E-state index contributed by atoms with van der Waals surface area (Å²) in [5, 5.41) is 0.315. The smallest absolute Gasteiger partial charge is 0.351 e. The van der Waals surface area contributed by atoms with Gasteiger partial charge in [0.2, 0.25) is 0 Å². The second-order valence-corrected chi connectivity index (χ2v) is 3.89. The lowest BCUT2D eigenvalue weighted by molar-refractivity contribution is -0.140. The van der Waals surface area contributed by atoms with Gasteiger partial charge in [-0.05, 0) is 34.1 Å². The molecule has 1 heterocycles. The quantitative estimate of drug-likeness (QED) is 0.700. The molecule has 15 heavy (non-hydrogen) atoms. The molecule has 0 amide bonds. The molecule has 0 aliphatic rings. The molecular weight excluding hydrogens is 278 g/mol. The minimum absolute atomic E-state index is 0.128. The maximum atomic E-state index is 13.0. The molecule has 0 aliphatic heterocycles. The van der Waals surface area contributed by atoms with Gasteiger partial charge in [0, 0.05) is 10.9 Å². The SMILES string of the molecule is Fc1cc2[nH]c(C(F)(F)F)cc2cc1Br. The third-order valence-corrected chi connectivity index (χ3v) is 2.57. The van der Waals surface area contributed by atoms with Gasteiger partial charge in [-0.25, -0.2) is 4.39 Å². The zero-order valence-electron chi connectivity index (χ0n) is 7.12. The highest BCUT2D eigenvalue weighted by Crippen LogP contribution is 2.32. The maximum absolute atomic E-state index is 13.0. The Morgan fingerprint density at radius 3 is 2.40 bits per heavy atom. The summed E-state index contributed by atoms with van der Waals surface area (Å²) in [4.78, 5) is 2.12. The van der Waals surface area contributed by atoms with Crippen LogP contribution in [0.4, 0.5) is 17.6 Å². The van der Waals surface area contributed by atoms with E-state index in [1.54, 1.807) is 0 Å². The number of rotatable bonds is 0. The van der Waals surface area contributed by atoms with Crippen LogP contribution in [0.15, 0.2) is 22.7 Å². The molecule has 2 aromatic rings. The van der Waals surface area contributed by atoms with Gasteiger partial charge in [0.25, 0.3) is 0 Å². The highest BCUT2D eigenvalue weighted by Gasteiger charge is 2.32. The third kappa shape index (κ3) is 1.86. The highest BCUT2D eigenvalue weighted by molar-refractivity contribution is 9.10. The second kappa shape index (κ2) is 3.23. The van der Waals surface area contributed by atoms with Gasteiger partial charge in [0.15, 0.2) is 0 Å². The largest absolute Gasteiger partial charge is 0.431 e. The summed E-state index contributed by atoms with van der Waals surface area (Å²) in [5.41, 5.74) is -0.752. The van der Waals surface area contributed by atoms with Crippen molar-refractivity contribution in [1.29, 1.82) is 0 Å². The maximum Gasteiger partial charge on any atom is 0.431 e. The Bertz CT molecular complexity index is 476. The number of hydrogen-bond acceptors (Lipinski definition) is 0. The van der Waals surface area contributed by atoms with Crippen molar-refractivity contribution in [2.75, 3.05) is 0 Å². The van der Waals surface area contributed by atoms with Gasteiger partial charge in [0.1, 0.15) is 11.5 Å². The van der Waals surface area contributed by atoms with Crippen molar-refractivity contribution in [2.24, 2.45) is 0 Å². The van der Waals surface area contributed by atoms with Crippen LogP contribution >= 0.6 is 15.9 Å². The van der Waals surface area contributed by atoms with Crippen LogP contribution in [-0.2, 0) is 6.18 Å². The van der Waals surface area contributed by atoms with E-state index < -0.39 is 17.7 Å². The van der Waals surface area contributed by atoms with E-state index in [0.29, 0.717) is 5.39 Å². The summed E-state index contributed by atoms with van der Waals surface area (Å²) in [6, 6.07) is 3.27. The molecule has 1 N–H and O–H groups in total. The molecule has 0 unspecified atom stereocenters. The number of halogens is 5. The molecule has 0 saturated heterocycles. The van der Waals surface area contributed by atoms with E-state index in [4.69, 9.17) is 0 Å². The molecule has 0 aliphatic carbocycles. The zero-order valence-corrected chi connectivity index (χ0v) is 8.71. The highest BCUT2D eigenvalue weighted by atomic mass is 79.9. The molecule has 0 saturated carbocycles. The fourth-order valence-electron chi connectivity index (χ4n) is 1.28. The molecule has 0 radical (unpaired) electrons. The van der Waals surface area contributed by atoms with Gasteiger partial charge in [0.05, 0.1) is 4.47 Å². The number of H-pyrrole nitrogens is 1. The molecule has 2 rings (SSSR count). The summed E-state index contributed by atoms with van der Waals surface area (Å²) < 4.78 is 50.0. The lowest BCUT2D eigenvalue weighted by Gasteiger charge is -2.00. The van der Waals surface area contributed by atoms with Crippen LogP contribution < -0.4 is 0 Å². The van der Waals surface area contributed by atoms with E-state index in [9.17, 15) is 17.6 Å². The van der Waals surface area contributed by atoms with Crippen molar-refractivity contribution in [3.63, 3.8) is 0 Å². The number of aromatic nitrogens is 1. The normalized spacial score (nSPS) is 12.3. The van der Waals surface area contributed by atoms with Crippen LogP contribution in [0.1, 0.15) is 5.69 Å². The molecule has 1 aromatic carbocycles. The van der Waals surface area contributed by atoms with Crippen molar-refractivity contribution in [1.82, 2.24) is 4.98 Å². The Hall–Kier alpha value is -1.04. The minimum Gasteiger partial charge on any atom is -0.351 e. The predicted molar refractivity (Wildman–Crippen MR) is 51.0 cm³/mol.